The Hall–Kier alpha value is -10.9. The molecule has 18 rings (SSSR count). The van der Waals surface area contributed by atoms with Gasteiger partial charge >= 0.3 is 58.1 Å². The van der Waals surface area contributed by atoms with E-state index in [9.17, 15) is 39.6 Å². The van der Waals surface area contributed by atoms with Gasteiger partial charge in [-0.05, 0) is 80.7 Å². The zero-order valence-corrected chi connectivity index (χ0v) is 85.6. The molecular formula is C92H128N20O25Si4. The summed E-state index contributed by atoms with van der Waals surface area (Å²) in [6.07, 6.45) is -1.38. The third-order valence-electron chi connectivity index (χ3n) is 26.2. The number of fused-ring (bicyclic) bond motifs is 6. The molecule has 0 radical (unpaired) electrons. The number of esters is 4. The van der Waals surface area contributed by atoms with Crippen LogP contribution in [0.25, 0.3) is 44.7 Å². The number of hydrogen-bond donors (Lipinski definition) is 10. The number of benzene rings is 3. The molecule has 45 nitrogen and oxygen atoms in total. The number of aliphatic hydroxyl groups is 6. The van der Waals surface area contributed by atoms with Gasteiger partial charge in [0.15, 0.2) is 64.4 Å². The summed E-state index contributed by atoms with van der Waals surface area (Å²) < 4.78 is 100. The van der Waals surface area contributed by atoms with Crippen LogP contribution in [0.1, 0.15) is 187 Å². The van der Waals surface area contributed by atoms with Gasteiger partial charge in [0, 0.05) is 19.8 Å². The van der Waals surface area contributed by atoms with E-state index in [1.54, 1.807) is 119 Å². The number of imidazole rings is 4. The van der Waals surface area contributed by atoms with Crippen molar-refractivity contribution < 1.29 is 118 Å². The van der Waals surface area contributed by atoms with E-state index in [0.29, 0.717) is 99.0 Å². The lowest BCUT2D eigenvalue weighted by Crippen LogP contribution is -2.65. The number of hydrogen-bond acceptors (Lipinski definition) is 41. The average molecular weight is 2030 g/mol. The summed E-state index contributed by atoms with van der Waals surface area (Å²) in [6.45, 7) is 36.2. The van der Waals surface area contributed by atoms with E-state index < -0.39 is 157 Å². The first-order chi connectivity index (χ1) is 67.2. The number of nitrogen functional groups attached to an aromatic ring is 4. The molecule has 7 fully saturated rings. The van der Waals surface area contributed by atoms with E-state index in [-0.39, 0.29) is 87.7 Å². The summed E-state index contributed by atoms with van der Waals surface area (Å²) in [7, 11) is -10.8. The highest BCUT2D eigenvalue weighted by molar-refractivity contribution is 6.84. The van der Waals surface area contributed by atoms with Crippen molar-refractivity contribution in [3.05, 3.63) is 158 Å². The summed E-state index contributed by atoms with van der Waals surface area (Å²) in [5, 5.41) is 59.0. The first-order valence-electron chi connectivity index (χ1n) is 47.1. The summed E-state index contributed by atoms with van der Waals surface area (Å²) in [4.78, 5) is 99.6. The lowest BCUT2D eigenvalue weighted by molar-refractivity contribution is -0.188. The van der Waals surface area contributed by atoms with Crippen LogP contribution >= 0.6 is 0 Å². The van der Waals surface area contributed by atoms with Crippen LogP contribution in [0.3, 0.4) is 0 Å². The Morgan fingerprint density at radius 1 is 0.390 bits per heavy atom. The molecule has 49 heteroatoms. The van der Waals surface area contributed by atoms with Gasteiger partial charge in [-0.3, -0.25) is 23.1 Å². The highest BCUT2D eigenvalue weighted by Crippen LogP contribution is 2.52. The van der Waals surface area contributed by atoms with Crippen LogP contribution in [0, 0.1) is 0 Å². The second-order valence-electron chi connectivity index (χ2n) is 37.9. The van der Waals surface area contributed by atoms with Gasteiger partial charge < -0.3 is 122 Å². The molecule has 7 aliphatic heterocycles. The molecule has 7 aliphatic rings. The van der Waals surface area contributed by atoms with E-state index >= 15 is 0 Å². The molecule has 0 saturated carbocycles. The molecule has 0 aliphatic carbocycles. The zero-order chi connectivity index (χ0) is 102. The van der Waals surface area contributed by atoms with Crippen LogP contribution in [0.5, 0.6) is 0 Å². The molecule has 18 atom stereocenters. The van der Waals surface area contributed by atoms with Gasteiger partial charge in [-0.2, -0.15) is 0 Å². The Bertz CT molecular complexity index is 6030. The van der Waals surface area contributed by atoms with Crippen LogP contribution < -0.4 is 22.9 Å². The number of carbonyl (C=O) groups is 4. The fourth-order valence-corrected chi connectivity index (χ4v) is 41.2. The van der Waals surface area contributed by atoms with Gasteiger partial charge in [0.25, 0.3) is 0 Å². The minimum absolute atomic E-state index is 0.116. The van der Waals surface area contributed by atoms with Crippen LogP contribution in [-0.2, 0) is 73.4 Å². The minimum atomic E-state index is -2.86. The molecule has 8 aromatic heterocycles. The maximum atomic E-state index is 12.9. The molecule has 3 unspecified atom stereocenters. The number of aliphatic hydroxyl groups excluding tert-OH is 6. The number of aromatic nitrogens is 16. The van der Waals surface area contributed by atoms with Gasteiger partial charge in [-0.1, -0.05) is 165 Å². The zero-order valence-electron chi connectivity index (χ0n) is 81.6. The maximum Gasteiger partial charge on any atom is 0.338 e. The molecule has 0 spiro atoms. The molecular weight excluding hydrogens is 1900 g/mol. The average Bonchev–Trinajstić information content (AvgIpc) is 1.71. The Labute approximate surface area is 817 Å². The monoisotopic (exact) mass is 2020 g/mol. The highest BCUT2D eigenvalue weighted by Gasteiger charge is 2.64. The molecule has 762 valence electrons. The van der Waals surface area contributed by atoms with Crippen molar-refractivity contribution in [3.63, 3.8) is 0 Å². The van der Waals surface area contributed by atoms with Gasteiger partial charge in [-0.25, -0.2) is 74.2 Å². The summed E-state index contributed by atoms with van der Waals surface area (Å²) in [6, 6.07) is 24.6. The second-order valence-corrected chi connectivity index (χ2v) is 55.6. The van der Waals surface area contributed by atoms with Crippen LogP contribution in [0.4, 0.5) is 23.3 Å². The first kappa shape index (κ1) is 106. The number of nitrogens with zero attached hydrogens (tertiary/aromatic N) is 16. The van der Waals surface area contributed by atoms with Crippen molar-refractivity contribution in [1.29, 1.82) is 0 Å². The van der Waals surface area contributed by atoms with Gasteiger partial charge in [0.05, 0.1) is 80.6 Å². The molecule has 11 aromatic rings. The van der Waals surface area contributed by atoms with Crippen LogP contribution in [0.2, 0.25) is 44.3 Å². The van der Waals surface area contributed by atoms with Crippen molar-refractivity contribution in [2.75, 3.05) is 56.0 Å². The quantitative estimate of drug-likeness (QED) is 0.0172. The SMILES string of the molecule is CC(=O)O[C@H]1O[C@@H](COC(=O)c2ccccc2)[C@@H](OC(=O)c2ccccc2)C1OC(=O)c1ccccc1.CC(C)[Si]1(C(C)C)OC[C@@H]2O[C@H](n3cnc4c(N)ncnc43)C(O)[C@@H]2O[Si](C(C)C)(C(C)C)O1.CC(C)[Si]1(C(C)C)OC[C@@H]2O[C@H](n3cnc4c(N)ncnc43)C[C@@H]2O[Si](C(C)C)(C(C)C)O1.Nc1ncnc2c1ncn2[C@@H]1C[C@H](O)[C@H](CO)O1.Nc1ncnc2c1ncn2[C@H]1O[C@@H](CO)[C@@H](O)C1O. The van der Waals surface area contributed by atoms with Crippen LogP contribution in [0.15, 0.2) is 142 Å². The molecule has 3 aromatic carbocycles. The normalized spacial score (nSPS) is 26.6. The Morgan fingerprint density at radius 3 is 1.16 bits per heavy atom. The second kappa shape index (κ2) is 45.0. The van der Waals surface area contributed by atoms with Gasteiger partial charge in [-0.15, -0.1) is 0 Å². The lowest BCUT2D eigenvalue weighted by atomic mass is 10.1. The van der Waals surface area contributed by atoms with E-state index in [1.807, 2.05) is 4.57 Å². The largest absolute Gasteiger partial charge is 0.459 e. The fourth-order valence-electron chi connectivity index (χ4n) is 18.8. The summed E-state index contributed by atoms with van der Waals surface area (Å²) >= 11 is 0. The van der Waals surface area contributed by atoms with E-state index in [1.165, 1.54) is 36.2 Å². The Balaban J connectivity index is 0.000000144. The molecule has 141 heavy (non-hydrogen) atoms. The maximum absolute atomic E-state index is 12.9. The van der Waals surface area contributed by atoms with E-state index in [2.05, 4.69) is 171 Å². The van der Waals surface area contributed by atoms with Crippen molar-refractivity contribution in [3.8, 4) is 0 Å². The van der Waals surface area contributed by atoms with Crippen molar-refractivity contribution >= 4 is 126 Å². The number of rotatable bonds is 22. The fraction of sp³-hybridized carbons (Fsp3) is 0.543. The Morgan fingerprint density at radius 2 is 0.766 bits per heavy atom. The molecule has 0 amide bonds. The smallest absolute Gasteiger partial charge is 0.338 e. The first-order valence-corrected chi connectivity index (χ1v) is 55.0. The summed E-state index contributed by atoms with van der Waals surface area (Å²) in [5.74, 6) is -1.64. The van der Waals surface area contributed by atoms with Crippen LogP contribution in [-0.4, -0.2) is 286 Å². The van der Waals surface area contributed by atoms with Crippen molar-refractivity contribution in [2.24, 2.45) is 0 Å². The van der Waals surface area contributed by atoms with Gasteiger partial charge in [0.1, 0.15) is 121 Å². The molecule has 7 saturated heterocycles. The molecule has 0 bridgehead atoms. The van der Waals surface area contributed by atoms with Crippen molar-refractivity contribution in [1.82, 2.24) is 78.1 Å². The number of nitrogens with two attached hydrogens (primary N) is 4. The predicted molar refractivity (Wildman–Crippen MR) is 518 cm³/mol. The predicted octanol–water partition coefficient (Wildman–Crippen LogP) is 8.93. The standard InChI is InChI=1S/C28H24O9.C22H39N5O5Si2.C22H39N5O4Si2.C10H13N5O4.C10H13N5O3/c1-18(29)34-28-24(37-27(32)21-15-9-4-10-16-21)23(36-26(31)20-13-7-3-8-14-20)22(35-28)17-33-25(30)19-11-5-2-6-12-19;1-12(2)33(13(3)4)29-9-16-19(31-34(32-33,14(5)6)15(7)8)18(28)22(30-16)27-11-26-17-20(23)24-10-25-21(17)27;1-13(2)32(14(3)4)28-10-18-17(30-33(31-32,15(5)6)16(7)8)9-19(29-18)27-12-26-20-21(23)24-11-25-22(20)27;11-8-5-9(13-2-12-8)15(3-14-5)10-7(18)6(17)4(1-16)19-10;11-9-8-10(13-3-12-9)15(4-14-8)7-1-5(17)6(2-16)18-7/h2-16,22-24,28H,17H2,1H3;10-16,18-19,22,28H,9H2,1-8H3,(H2,23,24,25);11-19H,9-10H2,1-8H3,(H2,23,24,25);2-4,6-7,10,16-18H,1H2,(H2,11,12,13);3-7,16-17H,1-2H2,(H2,11,12,13)/t22-,23+,24?,28-;16-,18?,19+,22-;17-,18-,19-;4-,6+,7?,10-;5-,6-,7-/m00000/s1. The highest BCUT2D eigenvalue weighted by atomic mass is 28.5. The number of ether oxygens (including phenoxy) is 9. The summed E-state index contributed by atoms with van der Waals surface area (Å²) in [5.41, 5.74) is 30.1. The topological polar surface area (TPSA) is 607 Å². The van der Waals surface area contributed by atoms with Crippen molar-refractivity contribution in [2.45, 2.75) is 285 Å². The molecule has 14 N–H and O–H groups in total. The minimum Gasteiger partial charge on any atom is -0.459 e. The van der Waals surface area contributed by atoms with E-state index in [0.717, 1.165) is 6.92 Å². The number of anilines is 4. The third-order valence-corrected chi connectivity index (χ3v) is 46.8. The van der Waals surface area contributed by atoms with E-state index in [4.69, 9.17) is 102 Å². The van der Waals surface area contributed by atoms with Gasteiger partial charge in [0.2, 0.25) is 12.4 Å². The molecule has 15 heterocycles. The Kier molecular flexibility index (Phi) is 33.8. The third kappa shape index (κ3) is 22.0. The lowest BCUT2D eigenvalue weighted by Gasteiger charge is -2.51. The number of carbonyl (C=O) groups excluding carboxylic acids is 4.